The lowest BCUT2D eigenvalue weighted by Gasteiger charge is -2.06. The van der Waals surface area contributed by atoms with Gasteiger partial charge in [0.25, 0.3) is 0 Å². The number of anilines is 3. The Morgan fingerprint density at radius 1 is 0.944 bits per heavy atom. The summed E-state index contributed by atoms with van der Waals surface area (Å²) < 4.78 is 0. The topological polar surface area (TPSA) is 63.8 Å². The second-order valence-electron chi connectivity index (χ2n) is 4.01. The van der Waals surface area contributed by atoms with Crippen LogP contribution in [0.3, 0.4) is 0 Å². The predicted octanol–water partition coefficient (Wildman–Crippen LogP) is 2.96. The maximum atomic E-state index is 5.71. The summed E-state index contributed by atoms with van der Waals surface area (Å²) in [5.74, 6) is 0.734. The van der Waals surface area contributed by atoms with E-state index in [9.17, 15) is 0 Å². The predicted molar refractivity (Wildman–Crippen MR) is 73.7 cm³/mol. The summed E-state index contributed by atoms with van der Waals surface area (Å²) in [7, 11) is 0. The van der Waals surface area contributed by atoms with Gasteiger partial charge in [-0.15, -0.1) is 0 Å². The van der Waals surface area contributed by atoms with Crippen molar-refractivity contribution in [3.8, 4) is 0 Å². The number of nitrogens with two attached hydrogens (primary N) is 1. The van der Waals surface area contributed by atoms with Gasteiger partial charge in [0.2, 0.25) is 0 Å². The molecule has 4 nitrogen and oxygen atoms in total. The van der Waals surface area contributed by atoms with Crippen LogP contribution in [0.15, 0.2) is 54.9 Å². The first-order valence-electron chi connectivity index (χ1n) is 5.65. The Hall–Kier alpha value is -2.62. The molecule has 0 spiro atoms. The summed E-state index contributed by atoms with van der Waals surface area (Å²) in [5, 5.41) is 4.31. The van der Waals surface area contributed by atoms with Crippen LogP contribution in [0.4, 0.5) is 17.2 Å². The van der Waals surface area contributed by atoms with Gasteiger partial charge < -0.3 is 11.1 Å². The minimum atomic E-state index is 0.690. The van der Waals surface area contributed by atoms with E-state index in [1.807, 2.05) is 30.3 Å². The molecule has 1 aromatic carbocycles. The molecule has 0 saturated heterocycles. The van der Waals surface area contributed by atoms with Crippen LogP contribution in [0.2, 0.25) is 0 Å². The molecule has 0 aliphatic rings. The molecule has 0 atom stereocenters. The first-order chi connectivity index (χ1) is 8.81. The van der Waals surface area contributed by atoms with Crippen LogP contribution in [0.1, 0.15) is 0 Å². The number of pyridine rings is 2. The Kier molecular flexibility index (Phi) is 2.53. The van der Waals surface area contributed by atoms with Crippen molar-refractivity contribution in [1.29, 1.82) is 0 Å². The molecule has 2 aromatic heterocycles. The van der Waals surface area contributed by atoms with Gasteiger partial charge in [-0.1, -0.05) is 6.07 Å². The molecule has 0 unspecified atom stereocenters. The molecule has 0 saturated carbocycles. The van der Waals surface area contributed by atoms with E-state index in [0.29, 0.717) is 5.69 Å². The van der Waals surface area contributed by atoms with E-state index in [1.54, 1.807) is 24.5 Å². The largest absolute Gasteiger partial charge is 0.399 e. The molecule has 3 aromatic rings. The Labute approximate surface area is 104 Å². The summed E-state index contributed by atoms with van der Waals surface area (Å²) in [6.07, 6.45) is 3.47. The van der Waals surface area contributed by atoms with Crippen molar-refractivity contribution in [3.05, 3.63) is 54.9 Å². The lowest BCUT2D eigenvalue weighted by molar-refractivity contribution is 1.31. The smallest absolute Gasteiger partial charge is 0.132 e. The molecule has 2 heterocycles. The van der Waals surface area contributed by atoms with Crippen molar-refractivity contribution in [2.75, 3.05) is 11.1 Å². The Morgan fingerprint density at radius 2 is 1.89 bits per heavy atom. The zero-order valence-electron chi connectivity index (χ0n) is 9.67. The minimum absolute atomic E-state index is 0.690. The quantitative estimate of drug-likeness (QED) is 0.718. The van der Waals surface area contributed by atoms with Gasteiger partial charge in [-0.25, -0.2) is 4.98 Å². The van der Waals surface area contributed by atoms with Gasteiger partial charge in [0.1, 0.15) is 5.82 Å². The molecular formula is C14H12N4. The maximum absolute atomic E-state index is 5.71. The van der Waals surface area contributed by atoms with Gasteiger partial charge in [0.05, 0.1) is 5.52 Å². The molecule has 0 aliphatic heterocycles. The highest BCUT2D eigenvalue weighted by Gasteiger charge is 1.99. The third-order valence-corrected chi connectivity index (χ3v) is 2.66. The van der Waals surface area contributed by atoms with Crippen LogP contribution in [0.5, 0.6) is 0 Å². The number of aromatic nitrogens is 2. The lowest BCUT2D eigenvalue weighted by atomic mass is 10.2. The number of rotatable bonds is 2. The minimum Gasteiger partial charge on any atom is -0.399 e. The summed E-state index contributed by atoms with van der Waals surface area (Å²) >= 11 is 0. The summed E-state index contributed by atoms with van der Waals surface area (Å²) in [4.78, 5) is 8.49. The van der Waals surface area contributed by atoms with Gasteiger partial charge in [-0.3, -0.25) is 4.98 Å². The molecule has 0 amide bonds. The number of nitrogens with zero attached hydrogens (tertiary/aromatic N) is 2. The third-order valence-electron chi connectivity index (χ3n) is 2.66. The van der Waals surface area contributed by atoms with E-state index < -0.39 is 0 Å². The van der Waals surface area contributed by atoms with Gasteiger partial charge in [0, 0.05) is 35.2 Å². The number of nitrogens with one attached hydrogen (secondary N) is 1. The lowest BCUT2D eigenvalue weighted by Crippen LogP contribution is -1.95. The molecule has 3 N–H and O–H groups in total. The molecule has 0 radical (unpaired) electrons. The maximum Gasteiger partial charge on any atom is 0.132 e. The molecule has 3 rings (SSSR count). The number of hydrogen-bond donors (Lipinski definition) is 2. The SMILES string of the molecule is Nc1ccnc(Nc2ccc3ncccc3c2)c1. The Bertz CT molecular complexity index is 694. The van der Waals surface area contributed by atoms with Crippen LogP contribution >= 0.6 is 0 Å². The van der Waals surface area contributed by atoms with Crippen molar-refractivity contribution < 1.29 is 0 Å². The van der Waals surface area contributed by atoms with E-state index in [-0.39, 0.29) is 0 Å². The zero-order chi connectivity index (χ0) is 12.4. The van der Waals surface area contributed by atoms with Gasteiger partial charge in [-0.05, 0) is 30.3 Å². The fourth-order valence-corrected chi connectivity index (χ4v) is 1.82. The molecule has 0 fully saturated rings. The van der Waals surface area contributed by atoms with Crippen molar-refractivity contribution in [3.63, 3.8) is 0 Å². The average molecular weight is 236 g/mol. The molecule has 0 aliphatic carbocycles. The summed E-state index contributed by atoms with van der Waals surface area (Å²) in [6, 6.07) is 13.5. The van der Waals surface area contributed by atoms with Crippen LogP contribution in [-0.2, 0) is 0 Å². The molecular weight excluding hydrogens is 224 g/mol. The fourth-order valence-electron chi connectivity index (χ4n) is 1.82. The van der Waals surface area contributed by atoms with E-state index >= 15 is 0 Å². The van der Waals surface area contributed by atoms with Crippen LogP contribution in [-0.4, -0.2) is 9.97 Å². The Balaban J connectivity index is 1.95. The van der Waals surface area contributed by atoms with Gasteiger partial charge in [0.15, 0.2) is 0 Å². The Morgan fingerprint density at radius 3 is 2.78 bits per heavy atom. The van der Waals surface area contributed by atoms with Crippen LogP contribution < -0.4 is 11.1 Å². The normalized spacial score (nSPS) is 10.4. The molecule has 18 heavy (non-hydrogen) atoms. The van der Waals surface area contributed by atoms with Gasteiger partial charge in [-0.2, -0.15) is 0 Å². The number of hydrogen-bond acceptors (Lipinski definition) is 4. The van der Waals surface area contributed by atoms with E-state index in [2.05, 4.69) is 15.3 Å². The van der Waals surface area contributed by atoms with Crippen molar-refractivity contribution in [1.82, 2.24) is 9.97 Å². The first-order valence-corrected chi connectivity index (χ1v) is 5.65. The van der Waals surface area contributed by atoms with Gasteiger partial charge >= 0.3 is 0 Å². The fraction of sp³-hybridized carbons (Fsp3) is 0. The average Bonchev–Trinajstić information content (AvgIpc) is 2.39. The highest BCUT2D eigenvalue weighted by atomic mass is 15.0. The van der Waals surface area contributed by atoms with E-state index in [1.165, 1.54) is 0 Å². The molecule has 0 bridgehead atoms. The summed E-state index contributed by atoms with van der Waals surface area (Å²) in [5.41, 5.74) is 8.34. The van der Waals surface area contributed by atoms with E-state index in [0.717, 1.165) is 22.4 Å². The number of nitrogen functional groups attached to an aromatic ring is 1. The zero-order valence-corrected chi connectivity index (χ0v) is 9.67. The van der Waals surface area contributed by atoms with E-state index in [4.69, 9.17) is 5.73 Å². The van der Waals surface area contributed by atoms with Crippen LogP contribution in [0, 0.1) is 0 Å². The van der Waals surface area contributed by atoms with Crippen molar-refractivity contribution in [2.45, 2.75) is 0 Å². The third kappa shape index (κ3) is 2.08. The second-order valence-corrected chi connectivity index (χ2v) is 4.01. The summed E-state index contributed by atoms with van der Waals surface area (Å²) in [6.45, 7) is 0. The van der Waals surface area contributed by atoms with Crippen LogP contribution in [0.25, 0.3) is 10.9 Å². The highest BCUT2D eigenvalue weighted by Crippen LogP contribution is 2.20. The van der Waals surface area contributed by atoms with Crippen molar-refractivity contribution in [2.24, 2.45) is 0 Å². The van der Waals surface area contributed by atoms with Crippen molar-refractivity contribution >= 4 is 28.1 Å². The molecule has 88 valence electrons. The number of fused-ring (bicyclic) bond motifs is 1. The molecule has 4 heteroatoms. The standard InChI is InChI=1S/C14H12N4/c15-11-5-7-17-14(9-11)18-12-3-4-13-10(8-12)2-1-6-16-13/h1-9H,(H3,15,17,18). The highest BCUT2D eigenvalue weighted by molar-refractivity contribution is 5.83. The first kappa shape index (κ1) is 10.5. The monoisotopic (exact) mass is 236 g/mol. The second kappa shape index (κ2) is 4.33. The number of benzene rings is 1.